The largest absolute Gasteiger partial charge is 0.339 e. The van der Waals surface area contributed by atoms with Crippen LogP contribution >= 0.6 is 0 Å². The van der Waals surface area contributed by atoms with Crippen molar-refractivity contribution in [3.05, 3.63) is 23.8 Å². The van der Waals surface area contributed by atoms with Gasteiger partial charge in [-0.05, 0) is 19.8 Å². The maximum Gasteiger partial charge on any atom is 0.222 e. The van der Waals surface area contributed by atoms with Crippen molar-refractivity contribution in [1.29, 1.82) is 0 Å². The molecule has 2 nitrogen and oxygen atoms in total. The number of hydrogen-bond acceptors (Lipinski definition) is 1. The molecule has 0 unspecified atom stereocenters. The summed E-state index contributed by atoms with van der Waals surface area (Å²) in [4.78, 5) is 13.2. The van der Waals surface area contributed by atoms with Crippen LogP contribution in [0.4, 0.5) is 0 Å². The summed E-state index contributed by atoms with van der Waals surface area (Å²) in [7, 11) is 0. The van der Waals surface area contributed by atoms with Crippen LogP contribution in [0.2, 0.25) is 0 Å². The first-order chi connectivity index (χ1) is 7.24. The minimum absolute atomic E-state index is 0.300. The average Bonchev–Trinajstić information content (AvgIpc) is 2.60. The van der Waals surface area contributed by atoms with E-state index in [2.05, 4.69) is 32.1 Å². The number of nitrogens with zero attached hydrogens (tertiary/aromatic N) is 1. The molecule has 1 aliphatic rings. The van der Waals surface area contributed by atoms with Crippen molar-refractivity contribution in [2.75, 3.05) is 13.1 Å². The van der Waals surface area contributed by atoms with E-state index in [1.54, 1.807) is 0 Å². The Kier molecular flexibility index (Phi) is 5.16. The summed E-state index contributed by atoms with van der Waals surface area (Å²) in [6.07, 6.45) is 10.4. The fourth-order valence-corrected chi connectivity index (χ4v) is 1.80. The number of carbonyl (C=O) groups is 1. The van der Waals surface area contributed by atoms with Gasteiger partial charge in [-0.3, -0.25) is 4.79 Å². The number of hydrogen-bond donors (Lipinski definition) is 0. The van der Waals surface area contributed by atoms with Gasteiger partial charge in [0.05, 0.1) is 0 Å². The Morgan fingerprint density at radius 1 is 1.53 bits per heavy atom. The Labute approximate surface area is 92.7 Å². The van der Waals surface area contributed by atoms with Gasteiger partial charge in [-0.2, -0.15) is 0 Å². The summed E-state index contributed by atoms with van der Waals surface area (Å²) in [6.45, 7) is 6.04. The lowest BCUT2D eigenvalue weighted by molar-refractivity contribution is -0.127. The van der Waals surface area contributed by atoms with E-state index < -0.39 is 0 Å². The van der Waals surface area contributed by atoms with Crippen LogP contribution in [0.3, 0.4) is 0 Å². The molecule has 0 aromatic heterocycles. The maximum atomic E-state index is 11.3. The van der Waals surface area contributed by atoms with Gasteiger partial charge in [-0.1, -0.05) is 37.1 Å². The molecule has 1 rings (SSSR count). The second-order valence-corrected chi connectivity index (χ2v) is 4.13. The lowest BCUT2D eigenvalue weighted by atomic mass is 10.1. The number of likely N-dealkylation sites (tertiary alicyclic amines) is 1. The van der Waals surface area contributed by atoms with Crippen LogP contribution in [0, 0.1) is 0 Å². The molecule has 84 valence electrons. The van der Waals surface area contributed by atoms with Gasteiger partial charge in [-0.15, -0.1) is 0 Å². The van der Waals surface area contributed by atoms with E-state index in [1.165, 1.54) is 12.0 Å². The monoisotopic (exact) mass is 207 g/mol. The zero-order valence-electron chi connectivity index (χ0n) is 9.83. The highest BCUT2D eigenvalue weighted by Gasteiger charge is 2.17. The molecule has 0 bridgehead atoms. The van der Waals surface area contributed by atoms with Gasteiger partial charge in [0.1, 0.15) is 0 Å². The highest BCUT2D eigenvalue weighted by molar-refractivity contribution is 5.78. The summed E-state index contributed by atoms with van der Waals surface area (Å²) in [5, 5.41) is 0. The van der Waals surface area contributed by atoms with Crippen molar-refractivity contribution >= 4 is 5.91 Å². The molecule has 1 heterocycles. The van der Waals surface area contributed by atoms with Gasteiger partial charge in [0.2, 0.25) is 5.91 Å². The highest BCUT2D eigenvalue weighted by atomic mass is 16.2. The van der Waals surface area contributed by atoms with E-state index in [4.69, 9.17) is 0 Å². The van der Waals surface area contributed by atoms with Gasteiger partial charge >= 0.3 is 0 Å². The van der Waals surface area contributed by atoms with Gasteiger partial charge in [0.25, 0.3) is 0 Å². The summed E-state index contributed by atoms with van der Waals surface area (Å²) >= 11 is 0. The van der Waals surface area contributed by atoms with Crippen LogP contribution in [0.1, 0.15) is 39.5 Å². The normalized spacial score (nSPS) is 18.1. The minimum atomic E-state index is 0.300. The third kappa shape index (κ3) is 4.32. The fraction of sp³-hybridized carbons (Fsp3) is 0.615. The van der Waals surface area contributed by atoms with Crippen LogP contribution < -0.4 is 0 Å². The molecule has 0 saturated carbocycles. The van der Waals surface area contributed by atoms with Gasteiger partial charge < -0.3 is 4.90 Å². The van der Waals surface area contributed by atoms with E-state index in [0.717, 1.165) is 32.4 Å². The third-order valence-electron chi connectivity index (χ3n) is 2.66. The lowest BCUT2D eigenvalue weighted by Crippen LogP contribution is -2.24. The first-order valence-corrected chi connectivity index (χ1v) is 5.84. The smallest absolute Gasteiger partial charge is 0.222 e. The molecule has 1 aliphatic heterocycles. The second kappa shape index (κ2) is 6.44. The van der Waals surface area contributed by atoms with Gasteiger partial charge in [0, 0.05) is 19.5 Å². The Hall–Kier alpha value is -1.05. The number of carbonyl (C=O) groups excluding carboxylic acids is 1. The van der Waals surface area contributed by atoms with E-state index in [-0.39, 0.29) is 0 Å². The van der Waals surface area contributed by atoms with Crippen molar-refractivity contribution < 1.29 is 4.79 Å². The molecular weight excluding hydrogens is 186 g/mol. The molecule has 0 aliphatic carbocycles. The predicted octanol–water partition coefficient (Wildman–Crippen LogP) is 2.91. The summed E-state index contributed by atoms with van der Waals surface area (Å²) < 4.78 is 0. The van der Waals surface area contributed by atoms with Crippen molar-refractivity contribution in [2.24, 2.45) is 0 Å². The van der Waals surface area contributed by atoms with Crippen molar-refractivity contribution in [3.8, 4) is 0 Å². The molecule has 1 amide bonds. The summed E-state index contributed by atoms with van der Waals surface area (Å²) in [6, 6.07) is 0. The lowest BCUT2D eigenvalue weighted by Gasteiger charge is -2.11. The Bertz CT molecular complexity index is 266. The van der Waals surface area contributed by atoms with Crippen LogP contribution in [0.25, 0.3) is 0 Å². The minimum Gasteiger partial charge on any atom is -0.339 e. The standard InChI is InChI=1S/C13H21NO/c1-3-7-12(2)8-4-5-10-14-11-6-9-13(14)15/h4-5,8H,3,6-7,9-11H2,1-2H3/b5-4+,12-8-. The second-order valence-electron chi connectivity index (χ2n) is 4.13. The maximum absolute atomic E-state index is 11.3. The predicted molar refractivity (Wildman–Crippen MR) is 63.6 cm³/mol. The number of rotatable bonds is 5. The Morgan fingerprint density at radius 3 is 2.93 bits per heavy atom. The summed E-state index contributed by atoms with van der Waals surface area (Å²) in [5.41, 5.74) is 1.40. The molecule has 2 heteroatoms. The third-order valence-corrected chi connectivity index (χ3v) is 2.66. The molecule has 0 aromatic carbocycles. The van der Waals surface area contributed by atoms with E-state index in [1.807, 2.05) is 4.90 Å². The van der Waals surface area contributed by atoms with Gasteiger partial charge in [0.15, 0.2) is 0 Å². The van der Waals surface area contributed by atoms with Gasteiger partial charge in [-0.25, -0.2) is 0 Å². The molecule has 15 heavy (non-hydrogen) atoms. The average molecular weight is 207 g/mol. The van der Waals surface area contributed by atoms with Crippen LogP contribution in [-0.2, 0) is 4.79 Å². The number of amides is 1. The Balaban J connectivity index is 2.27. The van der Waals surface area contributed by atoms with Crippen molar-refractivity contribution in [3.63, 3.8) is 0 Å². The molecule has 0 aromatic rings. The highest BCUT2D eigenvalue weighted by Crippen LogP contribution is 2.09. The van der Waals surface area contributed by atoms with Crippen molar-refractivity contribution in [2.45, 2.75) is 39.5 Å². The zero-order valence-corrected chi connectivity index (χ0v) is 9.83. The van der Waals surface area contributed by atoms with E-state index in [0.29, 0.717) is 5.91 Å². The van der Waals surface area contributed by atoms with Crippen LogP contribution in [-0.4, -0.2) is 23.9 Å². The number of allylic oxidation sites excluding steroid dienone is 3. The molecule has 0 N–H and O–H groups in total. The molecule has 0 spiro atoms. The van der Waals surface area contributed by atoms with Crippen LogP contribution in [0.15, 0.2) is 23.8 Å². The Morgan fingerprint density at radius 2 is 2.33 bits per heavy atom. The van der Waals surface area contributed by atoms with E-state index in [9.17, 15) is 4.79 Å². The molecule has 1 saturated heterocycles. The molecule has 0 radical (unpaired) electrons. The zero-order chi connectivity index (χ0) is 11.1. The SMILES string of the molecule is CCC/C(C)=C\C=C\CN1CCCC1=O. The quantitative estimate of drug-likeness (QED) is 0.635. The molecular formula is C13H21NO. The fourth-order valence-electron chi connectivity index (χ4n) is 1.80. The van der Waals surface area contributed by atoms with Crippen LogP contribution in [0.5, 0.6) is 0 Å². The van der Waals surface area contributed by atoms with Crippen molar-refractivity contribution in [1.82, 2.24) is 4.90 Å². The molecule has 0 atom stereocenters. The molecule has 1 fully saturated rings. The van der Waals surface area contributed by atoms with E-state index >= 15 is 0 Å². The first kappa shape index (κ1) is 12.0. The summed E-state index contributed by atoms with van der Waals surface area (Å²) in [5.74, 6) is 0.300. The topological polar surface area (TPSA) is 20.3 Å². The first-order valence-electron chi connectivity index (χ1n) is 5.84.